The van der Waals surface area contributed by atoms with Crippen LogP contribution in [0.25, 0.3) is 5.57 Å². The van der Waals surface area contributed by atoms with Gasteiger partial charge in [0.1, 0.15) is 17.2 Å². The van der Waals surface area contributed by atoms with Crippen molar-refractivity contribution in [2.45, 2.75) is 26.2 Å². The standard InChI is InChI=1S/C26H22F2N2O2/c1-16(31)29-19-11-9-17(10-12-19)21-6-3-2-5-18-15-20(13-14-22(18)21)30-26(32)25-23(27)7-4-8-24(25)28/h4,6-15H,2-3,5H2,1H3,(H,29,31)(H,30,32). The van der Waals surface area contributed by atoms with E-state index < -0.39 is 23.1 Å². The smallest absolute Gasteiger partial charge is 0.261 e. The highest BCUT2D eigenvalue weighted by Gasteiger charge is 2.19. The summed E-state index contributed by atoms with van der Waals surface area (Å²) in [4.78, 5) is 23.7. The van der Waals surface area contributed by atoms with Crippen LogP contribution in [0.4, 0.5) is 20.2 Å². The lowest BCUT2D eigenvalue weighted by Crippen LogP contribution is -2.16. The van der Waals surface area contributed by atoms with Gasteiger partial charge in [-0.15, -0.1) is 0 Å². The Balaban J connectivity index is 1.61. The number of halogens is 2. The van der Waals surface area contributed by atoms with Crippen molar-refractivity contribution in [3.63, 3.8) is 0 Å². The molecular weight excluding hydrogens is 410 g/mol. The maximum atomic E-state index is 13.9. The Labute approximate surface area is 185 Å². The van der Waals surface area contributed by atoms with Gasteiger partial charge < -0.3 is 10.6 Å². The number of rotatable bonds is 4. The third-order valence-electron chi connectivity index (χ3n) is 5.36. The maximum absolute atomic E-state index is 13.9. The topological polar surface area (TPSA) is 58.2 Å². The fourth-order valence-corrected chi connectivity index (χ4v) is 3.91. The number of allylic oxidation sites excluding steroid dienone is 1. The van der Waals surface area contributed by atoms with E-state index >= 15 is 0 Å². The van der Waals surface area contributed by atoms with Gasteiger partial charge in [0.05, 0.1) is 0 Å². The minimum Gasteiger partial charge on any atom is -0.326 e. The first-order valence-corrected chi connectivity index (χ1v) is 10.4. The number of aryl methyl sites for hydroxylation is 1. The predicted octanol–water partition coefficient (Wildman–Crippen LogP) is 5.94. The number of amides is 2. The molecule has 4 rings (SSSR count). The van der Waals surface area contributed by atoms with Gasteiger partial charge in [-0.1, -0.05) is 30.3 Å². The molecule has 0 heterocycles. The van der Waals surface area contributed by atoms with E-state index in [4.69, 9.17) is 0 Å². The molecule has 0 radical (unpaired) electrons. The molecule has 0 unspecified atom stereocenters. The third-order valence-corrected chi connectivity index (χ3v) is 5.36. The molecule has 0 aromatic heterocycles. The molecule has 0 aliphatic heterocycles. The Morgan fingerprint density at radius 2 is 1.56 bits per heavy atom. The van der Waals surface area contributed by atoms with Crippen LogP contribution < -0.4 is 10.6 Å². The van der Waals surface area contributed by atoms with Gasteiger partial charge in [-0.3, -0.25) is 9.59 Å². The zero-order valence-corrected chi connectivity index (χ0v) is 17.5. The van der Waals surface area contributed by atoms with Gasteiger partial charge in [-0.25, -0.2) is 8.78 Å². The number of nitrogens with one attached hydrogen (secondary N) is 2. The summed E-state index contributed by atoms with van der Waals surface area (Å²) in [6.45, 7) is 1.47. The molecule has 162 valence electrons. The number of carbonyl (C=O) groups is 2. The normalized spacial score (nSPS) is 12.9. The summed E-state index contributed by atoms with van der Waals surface area (Å²) in [7, 11) is 0. The van der Waals surface area contributed by atoms with E-state index in [9.17, 15) is 18.4 Å². The minimum atomic E-state index is -0.898. The maximum Gasteiger partial charge on any atom is 0.261 e. The van der Waals surface area contributed by atoms with Crippen LogP contribution >= 0.6 is 0 Å². The molecule has 2 amide bonds. The largest absolute Gasteiger partial charge is 0.326 e. The summed E-state index contributed by atoms with van der Waals surface area (Å²) >= 11 is 0. The van der Waals surface area contributed by atoms with E-state index in [1.54, 1.807) is 6.07 Å². The molecule has 32 heavy (non-hydrogen) atoms. The molecule has 1 aliphatic rings. The highest BCUT2D eigenvalue weighted by atomic mass is 19.1. The number of benzene rings is 3. The molecule has 0 bridgehead atoms. The lowest BCUT2D eigenvalue weighted by atomic mass is 9.93. The quantitative estimate of drug-likeness (QED) is 0.536. The number of hydrogen-bond donors (Lipinski definition) is 2. The minimum absolute atomic E-state index is 0.124. The van der Waals surface area contributed by atoms with E-state index in [2.05, 4.69) is 16.7 Å². The second kappa shape index (κ2) is 9.14. The first-order chi connectivity index (χ1) is 15.4. The fourth-order valence-electron chi connectivity index (χ4n) is 3.91. The summed E-state index contributed by atoms with van der Waals surface area (Å²) in [5.41, 5.74) is 4.81. The van der Waals surface area contributed by atoms with Crippen molar-refractivity contribution in [1.82, 2.24) is 0 Å². The number of anilines is 2. The average Bonchev–Trinajstić information content (AvgIpc) is 2.96. The van der Waals surface area contributed by atoms with Gasteiger partial charge >= 0.3 is 0 Å². The van der Waals surface area contributed by atoms with Crippen molar-refractivity contribution >= 4 is 28.8 Å². The lowest BCUT2D eigenvalue weighted by Gasteiger charge is -2.15. The Morgan fingerprint density at radius 3 is 2.25 bits per heavy atom. The molecular formula is C26H22F2N2O2. The van der Waals surface area contributed by atoms with E-state index in [-0.39, 0.29) is 5.91 Å². The summed E-state index contributed by atoms with van der Waals surface area (Å²) in [5.74, 6) is -2.74. The van der Waals surface area contributed by atoms with E-state index in [0.717, 1.165) is 59.3 Å². The van der Waals surface area contributed by atoms with Crippen LogP contribution in [-0.4, -0.2) is 11.8 Å². The van der Waals surface area contributed by atoms with Crippen LogP contribution in [-0.2, 0) is 11.2 Å². The van der Waals surface area contributed by atoms with Crippen molar-refractivity contribution in [2.24, 2.45) is 0 Å². The zero-order chi connectivity index (χ0) is 22.7. The van der Waals surface area contributed by atoms with Crippen molar-refractivity contribution < 1.29 is 18.4 Å². The van der Waals surface area contributed by atoms with Crippen LogP contribution in [0.2, 0.25) is 0 Å². The van der Waals surface area contributed by atoms with Crippen molar-refractivity contribution in [2.75, 3.05) is 10.6 Å². The van der Waals surface area contributed by atoms with Crippen LogP contribution in [0.1, 0.15) is 46.8 Å². The summed E-state index contributed by atoms with van der Waals surface area (Å²) in [6, 6.07) is 16.5. The molecule has 0 atom stereocenters. The Morgan fingerprint density at radius 1 is 0.875 bits per heavy atom. The second-order valence-electron chi connectivity index (χ2n) is 7.69. The van der Waals surface area contributed by atoms with Gasteiger partial charge in [0, 0.05) is 18.3 Å². The van der Waals surface area contributed by atoms with Crippen molar-refractivity contribution in [3.8, 4) is 0 Å². The molecule has 2 N–H and O–H groups in total. The third kappa shape index (κ3) is 4.59. The highest BCUT2D eigenvalue weighted by molar-refractivity contribution is 6.04. The van der Waals surface area contributed by atoms with Gasteiger partial charge in [-0.05, 0) is 77.9 Å². The average molecular weight is 432 g/mol. The van der Waals surface area contributed by atoms with Gasteiger partial charge in [0.2, 0.25) is 5.91 Å². The van der Waals surface area contributed by atoms with E-state index in [1.165, 1.54) is 13.0 Å². The SMILES string of the molecule is CC(=O)Nc1ccc(C2=CCCCc3cc(NC(=O)c4c(F)cccc4F)ccc32)cc1. The fraction of sp³-hybridized carbons (Fsp3) is 0.154. The predicted molar refractivity (Wildman–Crippen MR) is 122 cm³/mol. The molecule has 3 aromatic carbocycles. The molecule has 4 nitrogen and oxygen atoms in total. The Bertz CT molecular complexity index is 1200. The molecule has 3 aromatic rings. The van der Waals surface area contributed by atoms with E-state index in [1.807, 2.05) is 36.4 Å². The molecule has 0 saturated carbocycles. The number of hydrogen-bond acceptors (Lipinski definition) is 2. The summed E-state index contributed by atoms with van der Waals surface area (Å²) in [5, 5.41) is 5.37. The molecule has 6 heteroatoms. The molecule has 0 fully saturated rings. The Kier molecular flexibility index (Phi) is 6.12. The van der Waals surface area contributed by atoms with Crippen LogP contribution in [0.15, 0.2) is 66.7 Å². The monoisotopic (exact) mass is 432 g/mol. The van der Waals surface area contributed by atoms with Gasteiger partial charge in [-0.2, -0.15) is 0 Å². The number of carbonyl (C=O) groups excluding carboxylic acids is 2. The molecule has 0 spiro atoms. The lowest BCUT2D eigenvalue weighted by molar-refractivity contribution is -0.114. The zero-order valence-electron chi connectivity index (χ0n) is 17.5. The van der Waals surface area contributed by atoms with Crippen molar-refractivity contribution in [3.05, 3.63) is 101 Å². The summed E-state index contributed by atoms with van der Waals surface area (Å²) in [6.07, 6.45) is 4.85. The van der Waals surface area contributed by atoms with Crippen LogP contribution in [0.5, 0.6) is 0 Å². The summed E-state index contributed by atoms with van der Waals surface area (Å²) < 4.78 is 27.9. The Hall–Kier alpha value is -3.80. The number of fused-ring (bicyclic) bond motifs is 1. The molecule has 0 saturated heterocycles. The van der Waals surface area contributed by atoms with Crippen LogP contribution in [0, 0.1) is 11.6 Å². The van der Waals surface area contributed by atoms with Crippen LogP contribution in [0.3, 0.4) is 0 Å². The first-order valence-electron chi connectivity index (χ1n) is 10.4. The van der Waals surface area contributed by atoms with E-state index in [0.29, 0.717) is 5.69 Å². The molecule has 1 aliphatic carbocycles. The first kappa shape index (κ1) is 21.4. The van der Waals surface area contributed by atoms with Crippen molar-refractivity contribution in [1.29, 1.82) is 0 Å². The van der Waals surface area contributed by atoms with Gasteiger partial charge in [0.25, 0.3) is 5.91 Å². The van der Waals surface area contributed by atoms with Gasteiger partial charge in [0.15, 0.2) is 0 Å². The highest BCUT2D eigenvalue weighted by Crippen LogP contribution is 2.33. The second-order valence-corrected chi connectivity index (χ2v) is 7.69.